The number of hydrogen-bond donors (Lipinski definition) is 0. The van der Waals surface area contributed by atoms with Crippen LogP contribution in [-0.2, 0) is 17.5 Å². The SMILES string of the molecule is C=C[SH+]Cc1ccccc1.[Cl-]. The van der Waals surface area contributed by atoms with Crippen LogP contribution >= 0.6 is 0 Å². The van der Waals surface area contributed by atoms with Gasteiger partial charge in [-0.05, 0) is 0 Å². The fourth-order valence-corrected chi connectivity index (χ4v) is 1.30. The van der Waals surface area contributed by atoms with Gasteiger partial charge >= 0.3 is 0 Å². The minimum atomic E-state index is 0. The topological polar surface area (TPSA) is 0 Å². The second-order valence-electron chi connectivity index (χ2n) is 2.01. The molecule has 1 aromatic carbocycles. The van der Waals surface area contributed by atoms with E-state index in [1.807, 2.05) is 11.5 Å². The van der Waals surface area contributed by atoms with E-state index >= 15 is 0 Å². The molecule has 0 amide bonds. The molecule has 0 saturated heterocycles. The average Bonchev–Trinajstić information content (AvgIpc) is 2.03. The Hall–Kier alpha value is -0.400. The Balaban J connectivity index is 0.000001000. The molecule has 0 aliphatic rings. The monoisotopic (exact) mass is 186 g/mol. The molecule has 0 aliphatic carbocycles. The van der Waals surface area contributed by atoms with E-state index in [1.54, 1.807) is 0 Å². The molecular formula is C9H11ClS. The standard InChI is InChI=1S/C9H10S.ClH/c1-2-10-8-9-6-4-3-5-7-9;/h2-7H,1,8H2;1H. The predicted molar refractivity (Wildman–Crippen MR) is 49.1 cm³/mol. The first-order valence-corrected chi connectivity index (χ1v) is 4.40. The molecule has 0 heterocycles. The van der Waals surface area contributed by atoms with E-state index in [0.717, 1.165) is 5.75 Å². The summed E-state index contributed by atoms with van der Waals surface area (Å²) in [6, 6.07) is 10.4. The maximum Gasteiger partial charge on any atom is 0.135 e. The summed E-state index contributed by atoms with van der Waals surface area (Å²) in [5.74, 6) is 1.09. The van der Waals surface area contributed by atoms with E-state index in [9.17, 15) is 0 Å². The molecule has 0 aromatic heterocycles. The van der Waals surface area contributed by atoms with Crippen LogP contribution in [0.4, 0.5) is 0 Å². The highest BCUT2D eigenvalue weighted by Crippen LogP contribution is 2.00. The Kier molecular flexibility index (Phi) is 6.09. The lowest BCUT2D eigenvalue weighted by molar-refractivity contribution is -0.00000199. The maximum absolute atomic E-state index is 3.66. The molecule has 1 rings (SSSR count). The van der Waals surface area contributed by atoms with E-state index < -0.39 is 0 Å². The lowest BCUT2D eigenvalue weighted by Gasteiger charge is -1.88. The molecule has 11 heavy (non-hydrogen) atoms. The first-order chi connectivity index (χ1) is 4.93. The second-order valence-corrected chi connectivity index (χ2v) is 3.06. The molecule has 0 nitrogen and oxygen atoms in total. The van der Waals surface area contributed by atoms with Crippen LogP contribution in [0.1, 0.15) is 5.56 Å². The molecule has 0 N–H and O–H groups in total. The highest BCUT2D eigenvalue weighted by Gasteiger charge is 1.92. The molecule has 0 spiro atoms. The molecule has 0 radical (unpaired) electrons. The van der Waals surface area contributed by atoms with Crippen molar-refractivity contribution in [2.24, 2.45) is 0 Å². The summed E-state index contributed by atoms with van der Waals surface area (Å²) >= 11 is 1.29. The predicted octanol–water partition coefficient (Wildman–Crippen LogP) is -0.851. The van der Waals surface area contributed by atoms with E-state index in [2.05, 4.69) is 30.8 Å². The third-order valence-electron chi connectivity index (χ3n) is 1.25. The Morgan fingerprint density at radius 2 is 1.91 bits per heavy atom. The first kappa shape index (κ1) is 10.6. The Morgan fingerprint density at radius 3 is 2.45 bits per heavy atom. The van der Waals surface area contributed by atoms with Gasteiger partial charge in [-0.2, -0.15) is 0 Å². The van der Waals surface area contributed by atoms with E-state index in [1.165, 1.54) is 17.3 Å². The van der Waals surface area contributed by atoms with Crippen molar-refractivity contribution in [3.8, 4) is 0 Å². The van der Waals surface area contributed by atoms with Gasteiger partial charge in [0.15, 0.2) is 0 Å². The normalized spacial score (nSPS) is 8.36. The molecule has 0 unspecified atom stereocenters. The first-order valence-electron chi connectivity index (χ1n) is 3.25. The van der Waals surface area contributed by atoms with E-state index in [0.29, 0.717) is 0 Å². The largest absolute Gasteiger partial charge is 1.00 e. The summed E-state index contributed by atoms with van der Waals surface area (Å²) in [5.41, 5.74) is 1.38. The molecule has 0 saturated carbocycles. The van der Waals surface area contributed by atoms with Crippen molar-refractivity contribution >= 4 is 11.8 Å². The molecule has 0 bridgehead atoms. The van der Waals surface area contributed by atoms with Crippen molar-refractivity contribution in [3.05, 3.63) is 47.9 Å². The Labute approximate surface area is 78.1 Å². The highest BCUT2D eigenvalue weighted by atomic mass is 35.5. The van der Waals surface area contributed by atoms with Gasteiger partial charge in [0.05, 0.1) is 0 Å². The zero-order valence-electron chi connectivity index (χ0n) is 6.20. The van der Waals surface area contributed by atoms with Gasteiger partial charge in [-0.3, -0.25) is 0 Å². The number of benzene rings is 1. The minimum Gasteiger partial charge on any atom is -1.00 e. The Morgan fingerprint density at radius 1 is 1.27 bits per heavy atom. The van der Waals surface area contributed by atoms with Gasteiger partial charge in [0, 0.05) is 17.3 Å². The fourth-order valence-electron chi connectivity index (χ4n) is 0.753. The van der Waals surface area contributed by atoms with Crippen LogP contribution < -0.4 is 12.4 Å². The number of thiol groups is 1. The van der Waals surface area contributed by atoms with Gasteiger partial charge in [-0.1, -0.05) is 36.9 Å². The maximum atomic E-state index is 3.66. The highest BCUT2D eigenvalue weighted by molar-refractivity contribution is 7.80. The quantitative estimate of drug-likeness (QED) is 0.426. The van der Waals surface area contributed by atoms with Crippen LogP contribution in [0, 0.1) is 0 Å². The molecular weight excluding hydrogens is 176 g/mol. The van der Waals surface area contributed by atoms with Gasteiger partial charge in [0.25, 0.3) is 0 Å². The van der Waals surface area contributed by atoms with Crippen molar-refractivity contribution in [1.82, 2.24) is 0 Å². The summed E-state index contributed by atoms with van der Waals surface area (Å²) in [4.78, 5) is 0. The molecule has 0 aliphatic heterocycles. The number of rotatable bonds is 3. The van der Waals surface area contributed by atoms with Gasteiger partial charge in [0.2, 0.25) is 0 Å². The van der Waals surface area contributed by atoms with Gasteiger partial charge < -0.3 is 12.4 Å². The van der Waals surface area contributed by atoms with Crippen molar-refractivity contribution in [2.45, 2.75) is 5.75 Å². The molecule has 2 heteroatoms. The van der Waals surface area contributed by atoms with Crippen LogP contribution in [0.3, 0.4) is 0 Å². The van der Waals surface area contributed by atoms with Gasteiger partial charge in [-0.15, -0.1) is 0 Å². The lowest BCUT2D eigenvalue weighted by Crippen LogP contribution is -3.00. The molecule has 1 aromatic rings. The number of halogens is 1. The van der Waals surface area contributed by atoms with Crippen LogP contribution in [-0.4, -0.2) is 0 Å². The second kappa shape index (κ2) is 6.32. The summed E-state index contributed by atoms with van der Waals surface area (Å²) in [5, 5.41) is 1.92. The van der Waals surface area contributed by atoms with Crippen LogP contribution in [0.25, 0.3) is 0 Å². The zero-order chi connectivity index (χ0) is 7.23. The fraction of sp³-hybridized carbons (Fsp3) is 0.111. The summed E-state index contributed by atoms with van der Waals surface area (Å²) < 4.78 is 0. The van der Waals surface area contributed by atoms with Crippen LogP contribution in [0.5, 0.6) is 0 Å². The Bertz CT molecular complexity index is 196. The third kappa shape index (κ3) is 4.12. The van der Waals surface area contributed by atoms with E-state index in [4.69, 9.17) is 0 Å². The summed E-state index contributed by atoms with van der Waals surface area (Å²) in [6.45, 7) is 3.66. The smallest absolute Gasteiger partial charge is 0.135 e. The van der Waals surface area contributed by atoms with Crippen LogP contribution in [0.15, 0.2) is 42.3 Å². The summed E-state index contributed by atoms with van der Waals surface area (Å²) in [6.07, 6.45) is 0. The lowest BCUT2D eigenvalue weighted by atomic mass is 10.2. The van der Waals surface area contributed by atoms with Crippen molar-refractivity contribution in [1.29, 1.82) is 0 Å². The van der Waals surface area contributed by atoms with Crippen molar-refractivity contribution in [3.63, 3.8) is 0 Å². The van der Waals surface area contributed by atoms with Gasteiger partial charge in [-0.25, -0.2) is 0 Å². The van der Waals surface area contributed by atoms with Gasteiger partial charge in [0.1, 0.15) is 11.2 Å². The number of hydrogen-bond acceptors (Lipinski definition) is 0. The molecule has 0 fully saturated rings. The molecule has 60 valence electrons. The van der Waals surface area contributed by atoms with Crippen molar-refractivity contribution in [2.75, 3.05) is 0 Å². The average molecular weight is 187 g/mol. The zero-order valence-corrected chi connectivity index (χ0v) is 7.85. The van der Waals surface area contributed by atoms with Crippen molar-refractivity contribution < 1.29 is 12.4 Å². The van der Waals surface area contributed by atoms with Crippen LogP contribution in [0.2, 0.25) is 0 Å². The minimum absolute atomic E-state index is 0. The third-order valence-corrected chi connectivity index (χ3v) is 2.05. The van der Waals surface area contributed by atoms with E-state index in [-0.39, 0.29) is 12.4 Å². The summed E-state index contributed by atoms with van der Waals surface area (Å²) in [7, 11) is 0. The molecule has 0 atom stereocenters.